The Morgan fingerprint density at radius 2 is 2.29 bits per heavy atom. The molecular formula is C11H22N4OS. The van der Waals surface area contributed by atoms with E-state index < -0.39 is 0 Å². The molecule has 6 heteroatoms. The molecule has 0 fully saturated rings. The first-order valence-corrected chi connectivity index (χ1v) is 7.12. The molecule has 1 aromatic heterocycles. The lowest BCUT2D eigenvalue weighted by Gasteiger charge is -2.06. The summed E-state index contributed by atoms with van der Waals surface area (Å²) in [6.45, 7) is 9.10. The van der Waals surface area contributed by atoms with Crippen LogP contribution in [-0.4, -0.2) is 33.6 Å². The Balaban J connectivity index is 2.20. The molecule has 1 rings (SSSR count). The maximum Gasteiger partial charge on any atom is 0.343 e. The lowest BCUT2D eigenvalue weighted by atomic mass is 10.2. The normalized spacial score (nSPS) is 11.3. The number of aromatic nitrogens is 3. The van der Waals surface area contributed by atoms with Crippen molar-refractivity contribution in [1.29, 1.82) is 0 Å². The number of nitrogens with one attached hydrogen (secondary N) is 2. The number of thioether (sulfide) groups is 1. The van der Waals surface area contributed by atoms with Gasteiger partial charge in [0.15, 0.2) is 5.16 Å². The Kier molecular flexibility index (Phi) is 6.36. The van der Waals surface area contributed by atoms with Crippen LogP contribution < -0.4 is 11.0 Å². The monoisotopic (exact) mass is 258 g/mol. The summed E-state index contributed by atoms with van der Waals surface area (Å²) in [5.74, 6) is 1.68. The molecule has 0 spiro atoms. The topological polar surface area (TPSA) is 62.7 Å². The first-order chi connectivity index (χ1) is 8.15. The summed E-state index contributed by atoms with van der Waals surface area (Å²) in [4.78, 5) is 11.3. The Morgan fingerprint density at radius 3 is 2.94 bits per heavy atom. The summed E-state index contributed by atoms with van der Waals surface area (Å²) in [5.41, 5.74) is -0.118. The first-order valence-electron chi connectivity index (χ1n) is 6.13. The molecule has 0 aliphatic carbocycles. The maximum atomic E-state index is 11.3. The van der Waals surface area contributed by atoms with E-state index in [1.165, 1.54) is 0 Å². The van der Waals surface area contributed by atoms with Gasteiger partial charge >= 0.3 is 5.69 Å². The summed E-state index contributed by atoms with van der Waals surface area (Å²) >= 11 is 1.63. The van der Waals surface area contributed by atoms with Crippen LogP contribution in [0.3, 0.4) is 0 Å². The van der Waals surface area contributed by atoms with Gasteiger partial charge in [-0.1, -0.05) is 25.6 Å². The largest absolute Gasteiger partial charge is 0.343 e. The van der Waals surface area contributed by atoms with E-state index in [1.54, 1.807) is 16.3 Å². The van der Waals surface area contributed by atoms with Crippen molar-refractivity contribution in [2.24, 2.45) is 5.92 Å². The molecule has 0 bridgehead atoms. The molecule has 0 amide bonds. The van der Waals surface area contributed by atoms with Crippen molar-refractivity contribution < 1.29 is 0 Å². The second kappa shape index (κ2) is 7.55. The van der Waals surface area contributed by atoms with Gasteiger partial charge in [-0.2, -0.15) is 0 Å². The van der Waals surface area contributed by atoms with E-state index in [0.717, 1.165) is 30.4 Å². The van der Waals surface area contributed by atoms with Gasteiger partial charge < -0.3 is 5.32 Å². The second-order valence-electron chi connectivity index (χ2n) is 4.36. The quantitative estimate of drug-likeness (QED) is 0.545. The summed E-state index contributed by atoms with van der Waals surface area (Å²) in [7, 11) is 0. The average molecular weight is 258 g/mol. The molecule has 5 nitrogen and oxygen atoms in total. The predicted molar refractivity (Wildman–Crippen MR) is 71.6 cm³/mol. The van der Waals surface area contributed by atoms with Crippen molar-refractivity contribution in [3.8, 4) is 0 Å². The van der Waals surface area contributed by atoms with Crippen LogP contribution in [0, 0.1) is 5.92 Å². The van der Waals surface area contributed by atoms with E-state index in [-0.39, 0.29) is 5.69 Å². The summed E-state index contributed by atoms with van der Waals surface area (Å²) in [6.07, 6.45) is 1.09. The fourth-order valence-electron chi connectivity index (χ4n) is 1.44. The summed E-state index contributed by atoms with van der Waals surface area (Å²) in [5, 5.41) is 10.7. The molecule has 1 heterocycles. The van der Waals surface area contributed by atoms with Crippen LogP contribution in [0.1, 0.15) is 27.2 Å². The second-order valence-corrected chi connectivity index (χ2v) is 5.42. The van der Waals surface area contributed by atoms with Crippen LogP contribution >= 0.6 is 11.8 Å². The van der Waals surface area contributed by atoms with Crippen LogP contribution in [0.25, 0.3) is 0 Å². The highest BCUT2D eigenvalue weighted by molar-refractivity contribution is 7.99. The van der Waals surface area contributed by atoms with Crippen LogP contribution in [-0.2, 0) is 6.54 Å². The van der Waals surface area contributed by atoms with Gasteiger partial charge in [-0.25, -0.2) is 9.89 Å². The molecule has 0 saturated heterocycles. The zero-order valence-corrected chi connectivity index (χ0v) is 11.6. The molecule has 0 aliphatic heterocycles. The molecule has 1 aromatic rings. The van der Waals surface area contributed by atoms with E-state index in [4.69, 9.17) is 0 Å². The number of nitrogens with zero attached hydrogens (tertiary/aromatic N) is 2. The van der Waals surface area contributed by atoms with Crippen molar-refractivity contribution in [1.82, 2.24) is 20.1 Å². The molecule has 0 saturated carbocycles. The zero-order chi connectivity index (χ0) is 12.7. The van der Waals surface area contributed by atoms with Crippen molar-refractivity contribution in [3.05, 3.63) is 10.5 Å². The van der Waals surface area contributed by atoms with Crippen molar-refractivity contribution in [2.45, 2.75) is 38.9 Å². The minimum absolute atomic E-state index is 0.118. The highest BCUT2D eigenvalue weighted by Crippen LogP contribution is 2.13. The Hall–Kier alpha value is -0.750. The zero-order valence-electron chi connectivity index (χ0n) is 10.8. The SMILES string of the molecule is CCn1c(SCCCNCC(C)C)n[nH]c1=O. The third-order valence-corrected chi connectivity index (χ3v) is 3.38. The Labute approximate surface area is 106 Å². The predicted octanol–water partition coefficient (Wildman–Crippen LogP) is 1.32. The Bertz CT molecular complexity index is 372. The molecule has 0 aromatic carbocycles. The molecule has 2 N–H and O–H groups in total. The molecular weight excluding hydrogens is 236 g/mol. The van der Waals surface area contributed by atoms with Gasteiger partial charge in [-0.05, 0) is 32.4 Å². The standard InChI is InChI=1S/C11H22N4OS/c1-4-15-10(16)13-14-11(15)17-7-5-6-12-8-9(2)3/h9,12H,4-8H2,1-3H3,(H,13,16). The number of hydrogen-bond donors (Lipinski definition) is 2. The number of aromatic amines is 1. The van der Waals surface area contributed by atoms with Crippen molar-refractivity contribution in [3.63, 3.8) is 0 Å². The first kappa shape index (κ1) is 14.3. The lowest BCUT2D eigenvalue weighted by Crippen LogP contribution is -2.21. The van der Waals surface area contributed by atoms with Gasteiger partial charge in [-0.15, -0.1) is 5.10 Å². The van der Waals surface area contributed by atoms with Crippen molar-refractivity contribution in [2.75, 3.05) is 18.8 Å². The number of rotatable bonds is 8. The van der Waals surface area contributed by atoms with Gasteiger partial charge in [0.1, 0.15) is 0 Å². The fourth-order valence-corrected chi connectivity index (χ4v) is 2.39. The minimum Gasteiger partial charge on any atom is -0.316 e. The maximum absolute atomic E-state index is 11.3. The summed E-state index contributed by atoms with van der Waals surface area (Å²) < 4.78 is 1.66. The van der Waals surface area contributed by atoms with E-state index in [0.29, 0.717) is 12.5 Å². The van der Waals surface area contributed by atoms with E-state index in [9.17, 15) is 4.79 Å². The van der Waals surface area contributed by atoms with E-state index in [1.807, 2.05) is 6.92 Å². The van der Waals surface area contributed by atoms with Crippen LogP contribution in [0.4, 0.5) is 0 Å². The van der Waals surface area contributed by atoms with Crippen LogP contribution in [0.15, 0.2) is 9.95 Å². The smallest absolute Gasteiger partial charge is 0.316 e. The van der Waals surface area contributed by atoms with Gasteiger partial charge in [0, 0.05) is 12.3 Å². The molecule has 0 atom stereocenters. The molecule has 0 unspecified atom stereocenters. The molecule has 17 heavy (non-hydrogen) atoms. The minimum atomic E-state index is -0.118. The van der Waals surface area contributed by atoms with Gasteiger partial charge in [-0.3, -0.25) is 4.57 Å². The molecule has 0 aliphatic rings. The third kappa shape index (κ3) is 4.95. The van der Waals surface area contributed by atoms with Crippen LogP contribution in [0.5, 0.6) is 0 Å². The van der Waals surface area contributed by atoms with E-state index >= 15 is 0 Å². The lowest BCUT2D eigenvalue weighted by molar-refractivity contribution is 0.551. The van der Waals surface area contributed by atoms with Gasteiger partial charge in [0.05, 0.1) is 0 Å². The van der Waals surface area contributed by atoms with E-state index in [2.05, 4.69) is 29.4 Å². The highest BCUT2D eigenvalue weighted by Gasteiger charge is 2.05. The molecule has 0 radical (unpaired) electrons. The summed E-state index contributed by atoms with van der Waals surface area (Å²) in [6, 6.07) is 0. The Morgan fingerprint density at radius 1 is 1.53 bits per heavy atom. The number of H-pyrrole nitrogens is 1. The molecule has 98 valence electrons. The number of hydrogen-bond acceptors (Lipinski definition) is 4. The van der Waals surface area contributed by atoms with Gasteiger partial charge in [0.25, 0.3) is 0 Å². The highest BCUT2D eigenvalue weighted by atomic mass is 32.2. The average Bonchev–Trinajstić information content (AvgIpc) is 2.63. The van der Waals surface area contributed by atoms with Gasteiger partial charge in [0.2, 0.25) is 0 Å². The fraction of sp³-hybridized carbons (Fsp3) is 0.818. The third-order valence-electron chi connectivity index (χ3n) is 2.32. The van der Waals surface area contributed by atoms with Crippen LogP contribution in [0.2, 0.25) is 0 Å². The van der Waals surface area contributed by atoms with Crippen molar-refractivity contribution >= 4 is 11.8 Å².